The average molecular weight is 256 g/mol. The first-order valence-corrected chi connectivity index (χ1v) is 5.90. The highest BCUT2D eigenvalue weighted by Crippen LogP contribution is 2.44. The Bertz CT molecular complexity index is 439. The Labute approximate surface area is 105 Å². The second-order valence-electron chi connectivity index (χ2n) is 5.34. The molecule has 3 N–H and O–H groups in total. The zero-order valence-corrected chi connectivity index (χ0v) is 10.8. The molecule has 0 bridgehead atoms. The Morgan fingerprint density at radius 1 is 1.33 bits per heavy atom. The number of rotatable bonds is 3. The van der Waals surface area contributed by atoms with Crippen LogP contribution in [0.25, 0.3) is 0 Å². The first-order valence-electron chi connectivity index (χ1n) is 5.90. The summed E-state index contributed by atoms with van der Waals surface area (Å²) in [5.41, 5.74) is 5.18. The van der Waals surface area contributed by atoms with Crippen LogP contribution >= 0.6 is 0 Å². The molecule has 1 aliphatic carbocycles. The van der Waals surface area contributed by atoms with E-state index in [1.54, 1.807) is 7.11 Å². The number of nitrogens with one attached hydrogen (secondary N) is 1. The zero-order chi connectivity index (χ0) is 13.5. The molecule has 0 aliphatic heterocycles. The minimum Gasteiger partial charge on any atom is -0.399 e. The number of hydrogen-bond acceptors (Lipinski definition) is 3. The van der Waals surface area contributed by atoms with Crippen molar-refractivity contribution >= 4 is 11.4 Å². The molecule has 0 heterocycles. The van der Waals surface area contributed by atoms with Gasteiger partial charge in [0.15, 0.2) is 11.6 Å². The Hall–Kier alpha value is -1.36. The molecule has 1 aromatic rings. The Balaban J connectivity index is 2.17. The molecule has 0 radical (unpaired) electrons. The van der Waals surface area contributed by atoms with Crippen molar-refractivity contribution in [2.24, 2.45) is 5.41 Å². The van der Waals surface area contributed by atoms with Crippen LogP contribution in [0.15, 0.2) is 12.1 Å². The van der Waals surface area contributed by atoms with Crippen molar-refractivity contribution in [1.29, 1.82) is 0 Å². The fraction of sp³-hybridized carbons (Fsp3) is 0.538. The number of methoxy groups -OCH3 is 1. The molecule has 0 amide bonds. The largest absolute Gasteiger partial charge is 0.399 e. The summed E-state index contributed by atoms with van der Waals surface area (Å²) >= 11 is 0. The summed E-state index contributed by atoms with van der Waals surface area (Å²) in [7, 11) is 1.65. The lowest BCUT2D eigenvalue weighted by Crippen LogP contribution is -2.57. The van der Waals surface area contributed by atoms with Gasteiger partial charge >= 0.3 is 0 Å². The van der Waals surface area contributed by atoms with E-state index in [0.29, 0.717) is 0 Å². The van der Waals surface area contributed by atoms with Crippen LogP contribution < -0.4 is 11.1 Å². The SMILES string of the molecule is COC1CC(Nc2c(F)cc(N)cc2F)C1(C)C. The molecule has 2 rings (SSSR count). The lowest BCUT2D eigenvalue weighted by molar-refractivity contribution is -0.0796. The summed E-state index contributed by atoms with van der Waals surface area (Å²) < 4.78 is 32.6. The number of benzene rings is 1. The van der Waals surface area contributed by atoms with Crippen molar-refractivity contribution < 1.29 is 13.5 Å². The molecule has 1 aromatic carbocycles. The van der Waals surface area contributed by atoms with Crippen molar-refractivity contribution in [2.75, 3.05) is 18.2 Å². The fourth-order valence-corrected chi connectivity index (χ4v) is 2.44. The first-order chi connectivity index (χ1) is 8.36. The summed E-state index contributed by atoms with van der Waals surface area (Å²) in [6.07, 6.45) is 0.835. The van der Waals surface area contributed by atoms with Crippen molar-refractivity contribution in [1.82, 2.24) is 0 Å². The Kier molecular flexibility index (Phi) is 3.19. The van der Waals surface area contributed by atoms with E-state index < -0.39 is 11.6 Å². The van der Waals surface area contributed by atoms with E-state index in [1.807, 2.05) is 13.8 Å². The molecule has 1 fully saturated rings. The average Bonchev–Trinajstić information content (AvgIpc) is 2.25. The second-order valence-corrected chi connectivity index (χ2v) is 5.34. The van der Waals surface area contributed by atoms with Gasteiger partial charge in [0.05, 0.1) is 6.10 Å². The van der Waals surface area contributed by atoms with Crippen LogP contribution in [0.3, 0.4) is 0 Å². The molecule has 2 unspecified atom stereocenters. The van der Waals surface area contributed by atoms with Crippen LogP contribution in [-0.2, 0) is 4.74 Å². The van der Waals surface area contributed by atoms with Crippen molar-refractivity contribution in [3.63, 3.8) is 0 Å². The van der Waals surface area contributed by atoms with Gasteiger partial charge in [-0.25, -0.2) is 8.78 Å². The van der Waals surface area contributed by atoms with E-state index in [0.717, 1.165) is 18.6 Å². The first kappa shape index (κ1) is 13.1. The zero-order valence-electron chi connectivity index (χ0n) is 10.8. The summed E-state index contributed by atoms with van der Waals surface area (Å²) in [4.78, 5) is 0. The maximum Gasteiger partial charge on any atom is 0.151 e. The third kappa shape index (κ3) is 2.03. The lowest BCUT2D eigenvalue weighted by atomic mass is 9.64. The molecule has 100 valence electrons. The summed E-state index contributed by atoms with van der Waals surface area (Å²) in [6.45, 7) is 4.02. The Morgan fingerprint density at radius 3 is 2.33 bits per heavy atom. The molecule has 1 aliphatic rings. The normalized spacial score (nSPS) is 25.6. The van der Waals surface area contributed by atoms with Gasteiger partial charge in [0.2, 0.25) is 0 Å². The number of halogens is 2. The van der Waals surface area contributed by atoms with E-state index in [2.05, 4.69) is 5.32 Å². The predicted octanol–water partition coefficient (Wildman–Crippen LogP) is 2.77. The van der Waals surface area contributed by atoms with Crippen LogP contribution in [0, 0.1) is 17.0 Å². The van der Waals surface area contributed by atoms with E-state index in [9.17, 15) is 8.78 Å². The van der Waals surface area contributed by atoms with Gasteiger partial charge in [-0.2, -0.15) is 0 Å². The molecular formula is C13H18F2N2O. The highest BCUT2D eigenvalue weighted by molar-refractivity contribution is 5.55. The molecule has 3 nitrogen and oxygen atoms in total. The number of hydrogen-bond donors (Lipinski definition) is 2. The summed E-state index contributed by atoms with van der Waals surface area (Å²) in [6, 6.07) is 2.21. The molecule has 18 heavy (non-hydrogen) atoms. The van der Waals surface area contributed by atoms with Gasteiger partial charge in [0, 0.05) is 24.3 Å². The molecule has 5 heteroatoms. The van der Waals surface area contributed by atoms with Crippen LogP contribution in [0.2, 0.25) is 0 Å². The number of nitrogen functional groups attached to an aromatic ring is 1. The van der Waals surface area contributed by atoms with Crippen LogP contribution in [0.4, 0.5) is 20.2 Å². The van der Waals surface area contributed by atoms with E-state index in [1.165, 1.54) is 0 Å². The quantitative estimate of drug-likeness (QED) is 0.817. The third-order valence-corrected chi connectivity index (χ3v) is 3.85. The van der Waals surface area contributed by atoms with Crippen LogP contribution in [0.5, 0.6) is 0 Å². The molecule has 0 aromatic heterocycles. The molecule has 1 saturated carbocycles. The van der Waals surface area contributed by atoms with E-state index in [-0.39, 0.29) is 28.9 Å². The monoisotopic (exact) mass is 256 g/mol. The third-order valence-electron chi connectivity index (χ3n) is 3.85. The predicted molar refractivity (Wildman–Crippen MR) is 67.4 cm³/mol. The molecule has 0 spiro atoms. The number of ether oxygens (including phenoxy) is 1. The minimum atomic E-state index is -0.663. The van der Waals surface area contributed by atoms with Crippen molar-refractivity contribution in [3.05, 3.63) is 23.8 Å². The highest BCUT2D eigenvalue weighted by atomic mass is 19.1. The standard InChI is InChI=1S/C13H18F2N2O/c1-13(2)10(6-11(13)18-3)17-12-8(14)4-7(16)5-9(12)15/h4-5,10-11,17H,6,16H2,1-3H3. The molecule has 0 saturated heterocycles. The Morgan fingerprint density at radius 2 is 1.89 bits per heavy atom. The molecular weight excluding hydrogens is 238 g/mol. The van der Waals surface area contributed by atoms with Crippen LogP contribution in [0.1, 0.15) is 20.3 Å². The topological polar surface area (TPSA) is 47.3 Å². The van der Waals surface area contributed by atoms with Gasteiger partial charge in [-0.1, -0.05) is 13.8 Å². The van der Waals surface area contributed by atoms with E-state index in [4.69, 9.17) is 10.5 Å². The molecule has 2 atom stereocenters. The maximum atomic E-state index is 13.6. The van der Waals surface area contributed by atoms with Gasteiger partial charge in [0.1, 0.15) is 5.69 Å². The van der Waals surface area contributed by atoms with Gasteiger partial charge in [-0.3, -0.25) is 0 Å². The smallest absolute Gasteiger partial charge is 0.151 e. The number of nitrogens with two attached hydrogens (primary N) is 1. The fourth-order valence-electron chi connectivity index (χ4n) is 2.44. The number of anilines is 2. The van der Waals surface area contributed by atoms with Crippen LogP contribution in [-0.4, -0.2) is 19.3 Å². The van der Waals surface area contributed by atoms with Gasteiger partial charge < -0.3 is 15.8 Å². The van der Waals surface area contributed by atoms with E-state index >= 15 is 0 Å². The highest BCUT2D eigenvalue weighted by Gasteiger charge is 2.48. The summed E-state index contributed by atoms with van der Waals surface area (Å²) in [5, 5.41) is 2.91. The second kappa shape index (κ2) is 4.39. The van der Waals surface area contributed by atoms with Gasteiger partial charge in [0.25, 0.3) is 0 Å². The minimum absolute atomic E-state index is 0.0184. The van der Waals surface area contributed by atoms with Crippen molar-refractivity contribution in [2.45, 2.75) is 32.4 Å². The maximum absolute atomic E-state index is 13.6. The van der Waals surface area contributed by atoms with Gasteiger partial charge in [-0.15, -0.1) is 0 Å². The summed E-state index contributed by atoms with van der Waals surface area (Å²) in [5.74, 6) is -1.33. The van der Waals surface area contributed by atoms with Gasteiger partial charge in [-0.05, 0) is 18.6 Å². The lowest BCUT2D eigenvalue weighted by Gasteiger charge is -2.51. The van der Waals surface area contributed by atoms with Crippen molar-refractivity contribution in [3.8, 4) is 0 Å².